The predicted octanol–water partition coefficient (Wildman–Crippen LogP) is 3.58. The second-order valence-corrected chi connectivity index (χ2v) is 5.77. The Kier molecular flexibility index (Phi) is 5.15. The number of hydrogen-bond donors (Lipinski definition) is 1. The van der Waals surface area contributed by atoms with E-state index in [1.54, 1.807) is 6.92 Å². The predicted molar refractivity (Wildman–Crippen MR) is 86.0 cm³/mol. The zero-order chi connectivity index (χ0) is 14.5. The third-order valence-corrected chi connectivity index (χ3v) is 3.99. The van der Waals surface area contributed by atoms with Gasteiger partial charge in [-0.05, 0) is 64.7 Å². The van der Waals surface area contributed by atoms with Crippen LogP contribution >= 0.6 is 15.9 Å². The summed E-state index contributed by atoms with van der Waals surface area (Å²) in [6, 6.07) is 10.1. The minimum atomic E-state index is -0.442. The molecule has 0 fully saturated rings. The van der Waals surface area contributed by atoms with E-state index in [1.165, 1.54) is 5.56 Å². The number of benzene rings is 1. The van der Waals surface area contributed by atoms with Gasteiger partial charge in [0.25, 0.3) is 0 Å². The highest BCUT2D eigenvalue weighted by atomic mass is 79.9. The Bertz CT molecular complexity index is 558. The maximum absolute atomic E-state index is 9.59. The summed E-state index contributed by atoms with van der Waals surface area (Å²) in [4.78, 5) is 6.23. The van der Waals surface area contributed by atoms with Crippen molar-refractivity contribution in [3.63, 3.8) is 0 Å². The van der Waals surface area contributed by atoms with Gasteiger partial charge in [-0.2, -0.15) is 0 Å². The Morgan fingerprint density at radius 2 is 1.95 bits per heavy atom. The number of halogens is 1. The molecule has 1 aromatic carbocycles. The fraction of sp³-hybridized carbons (Fsp3) is 0.312. The van der Waals surface area contributed by atoms with E-state index in [-0.39, 0.29) is 0 Å². The summed E-state index contributed by atoms with van der Waals surface area (Å²) in [6.45, 7) is 2.70. The Labute approximate surface area is 128 Å². The molecule has 0 aliphatic heterocycles. The minimum Gasteiger partial charge on any atom is -0.389 e. The van der Waals surface area contributed by atoms with Gasteiger partial charge in [-0.1, -0.05) is 6.07 Å². The van der Waals surface area contributed by atoms with Crippen molar-refractivity contribution in [2.75, 3.05) is 18.5 Å². The summed E-state index contributed by atoms with van der Waals surface area (Å²) >= 11 is 3.58. The van der Waals surface area contributed by atoms with Gasteiger partial charge in [-0.25, -0.2) is 0 Å². The summed E-state index contributed by atoms with van der Waals surface area (Å²) in [7, 11) is 2.07. The van der Waals surface area contributed by atoms with Gasteiger partial charge < -0.3 is 10.0 Å². The van der Waals surface area contributed by atoms with Gasteiger partial charge in [-0.15, -0.1) is 0 Å². The molecule has 106 valence electrons. The summed E-state index contributed by atoms with van der Waals surface area (Å²) in [6.07, 6.45) is 4.18. The summed E-state index contributed by atoms with van der Waals surface area (Å²) in [5, 5.41) is 9.59. The van der Waals surface area contributed by atoms with Gasteiger partial charge >= 0.3 is 0 Å². The fourth-order valence-electron chi connectivity index (χ4n) is 2.06. The van der Waals surface area contributed by atoms with Crippen molar-refractivity contribution in [3.05, 3.63) is 58.3 Å². The number of likely N-dealkylation sites (N-methyl/N-ethyl adjacent to an activating group) is 1. The highest BCUT2D eigenvalue weighted by Gasteiger charge is 2.09. The average molecular weight is 335 g/mol. The molecule has 0 spiro atoms. The van der Waals surface area contributed by atoms with Crippen molar-refractivity contribution in [3.8, 4) is 0 Å². The normalized spacial score (nSPS) is 12.2. The number of anilines is 1. The maximum Gasteiger partial charge on any atom is 0.0762 e. The number of pyridine rings is 1. The second kappa shape index (κ2) is 6.86. The lowest BCUT2D eigenvalue weighted by Crippen LogP contribution is -2.20. The Morgan fingerprint density at radius 3 is 2.55 bits per heavy atom. The second-order valence-electron chi connectivity index (χ2n) is 4.91. The molecule has 1 aromatic heterocycles. The number of aliphatic hydroxyl groups excluding tert-OH is 1. The van der Waals surface area contributed by atoms with E-state index in [1.807, 2.05) is 42.7 Å². The quantitative estimate of drug-likeness (QED) is 0.907. The highest BCUT2D eigenvalue weighted by molar-refractivity contribution is 9.10. The van der Waals surface area contributed by atoms with Crippen LogP contribution in [0, 0.1) is 0 Å². The number of hydrogen-bond acceptors (Lipinski definition) is 3. The molecule has 0 bridgehead atoms. The lowest BCUT2D eigenvalue weighted by molar-refractivity contribution is 0.199. The molecule has 1 atom stereocenters. The van der Waals surface area contributed by atoms with Crippen LogP contribution in [0.15, 0.2) is 47.2 Å². The Balaban J connectivity index is 2.04. The molecule has 0 aliphatic carbocycles. The van der Waals surface area contributed by atoms with Crippen LogP contribution in [0.5, 0.6) is 0 Å². The van der Waals surface area contributed by atoms with Crippen LogP contribution in [-0.2, 0) is 6.42 Å². The molecule has 1 N–H and O–H groups in total. The van der Waals surface area contributed by atoms with Crippen molar-refractivity contribution in [1.82, 2.24) is 4.98 Å². The van der Waals surface area contributed by atoms with Gasteiger partial charge in [0.2, 0.25) is 0 Å². The molecule has 4 heteroatoms. The van der Waals surface area contributed by atoms with E-state index in [9.17, 15) is 5.11 Å². The number of rotatable bonds is 5. The van der Waals surface area contributed by atoms with E-state index in [0.717, 1.165) is 28.7 Å². The van der Waals surface area contributed by atoms with Crippen molar-refractivity contribution in [2.24, 2.45) is 0 Å². The van der Waals surface area contributed by atoms with Gasteiger partial charge in [0, 0.05) is 30.5 Å². The first-order valence-electron chi connectivity index (χ1n) is 6.65. The van der Waals surface area contributed by atoms with Crippen LogP contribution in [0.25, 0.3) is 0 Å². The van der Waals surface area contributed by atoms with Gasteiger partial charge in [0.1, 0.15) is 0 Å². The van der Waals surface area contributed by atoms with E-state index >= 15 is 0 Å². The summed E-state index contributed by atoms with van der Waals surface area (Å²) < 4.78 is 1.01. The monoisotopic (exact) mass is 334 g/mol. The van der Waals surface area contributed by atoms with Crippen LogP contribution in [0.1, 0.15) is 24.2 Å². The third kappa shape index (κ3) is 3.81. The van der Waals surface area contributed by atoms with Crippen molar-refractivity contribution in [2.45, 2.75) is 19.4 Å². The zero-order valence-corrected chi connectivity index (χ0v) is 13.3. The molecule has 1 heterocycles. The maximum atomic E-state index is 9.59. The molecule has 0 radical (unpaired) electrons. The lowest BCUT2D eigenvalue weighted by Gasteiger charge is -2.21. The van der Waals surface area contributed by atoms with Gasteiger partial charge in [0.05, 0.1) is 11.8 Å². The summed E-state index contributed by atoms with van der Waals surface area (Å²) in [5.74, 6) is 0. The number of aromatic nitrogens is 1. The largest absolute Gasteiger partial charge is 0.389 e. The Morgan fingerprint density at radius 1 is 1.25 bits per heavy atom. The SMILES string of the molecule is C[C@H](O)c1ccc(N(C)CCc2ccncc2)c(Br)c1. The van der Waals surface area contributed by atoms with E-state index in [4.69, 9.17) is 0 Å². The summed E-state index contributed by atoms with van der Waals surface area (Å²) in [5.41, 5.74) is 3.33. The van der Waals surface area contributed by atoms with Gasteiger partial charge in [0.15, 0.2) is 0 Å². The smallest absolute Gasteiger partial charge is 0.0762 e. The van der Waals surface area contributed by atoms with Crippen LogP contribution in [-0.4, -0.2) is 23.7 Å². The first-order valence-corrected chi connectivity index (χ1v) is 7.45. The molecule has 0 unspecified atom stereocenters. The average Bonchev–Trinajstić information content (AvgIpc) is 2.45. The number of nitrogens with zero attached hydrogens (tertiary/aromatic N) is 2. The van der Waals surface area contributed by atoms with Crippen LogP contribution in [0.2, 0.25) is 0 Å². The minimum absolute atomic E-state index is 0.442. The molecule has 20 heavy (non-hydrogen) atoms. The fourth-order valence-corrected chi connectivity index (χ4v) is 2.76. The standard InChI is InChI=1S/C16H19BrN2O/c1-12(20)14-3-4-16(15(17)11-14)19(2)10-7-13-5-8-18-9-6-13/h3-6,8-9,11-12,20H,7,10H2,1-2H3/t12-/m0/s1. The zero-order valence-electron chi connectivity index (χ0n) is 11.8. The molecule has 0 amide bonds. The first-order chi connectivity index (χ1) is 9.58. The highest BCUT2D eigenvalue weighted by Crippen LogP contribution is 2.28. The van der Waals surface area contributed by atoms with E-state index < -0.39 is 6.10 Å². The van der Waals surface area contributed by atoms with Crippen molar-refractivity contribution in [1.29, 1.82) is 0 Å². The molecule has 2 rings (SSSR count). The lowest BCUT2D eigenvalue weighted by atomic mass is 10.1. The molecule has 0 aliphatic rings. The van der Waals surface area contributed by atoms with Crippen molar-refractivity contribution >= 4 is 21.6 Å². The van der Waals surface area contributed by atoms with Crippen LogP contribution in [0.3, 0.4) is 0 Å². The number of aliphatic hydroxyl groups is 1. The van der Waals surface area contributed by atoms with Crippen LogP contribution in [0.4, 0.5) is 5.69 Å². The van der Waals surface area contributed by atoms with E-state index in [2.05, 4.69) is 32.9 Å². The molecule has 0 saturated heterocycles. The third-order valence-electron chi connectivity index (χ3n) is 3.35. The van der Waals surface area contributed by atoms with Gasteiger partial charge in [-0.3, -0.25) is 4.98 Å². The van der Waals surface area contributed by atoms with Crippen molar-refractivity contribution < 1.29 is 5.11 Å². The molecular formula is C16H19BrN2O. The first kappa shape index (κ1) is 15.0. The molecule has 0 saturated carbocycles. The topological polar surface area (TPSA) is 36.4 Å². The molecule has 3 nitrogen and oxygen atoms in total. The van der Waals surface area contributed by atoms with E-state index in [0.29, 0.717) is 0 Å². The Hall–Kier alpha value is -1.39. The molecule has 2 aromatic rings. The molecular weight excluding hydrogens is 316 g/mol. The van der Waals surface area contributed by atoms with Crippen LogP contribution < -0.4 is 4.90 Å².